The van der Waals surface area contributed by atoms with Crippen LogP contribution in [-0.2, 0) is 6.42 Å². The Balaban J connectivity index is 1.95. The van der Waals surface area contributed by atoms with E-state index in [4.69, 9.17) is 5.73 Å². The Morgan fingerprint density at radius 1 is 1.32 bits per heavy atom. The average Bonchev–Trinajstić information content (AvgIpc) is 2.85. The Morgan fingerprint density at radius 2 is 2.05 bits per heavy atom. The van der Waals surface area contributed by atoms with Gasteiger partial charge in [-0.15, -0.1) is 0 Å². The lowest BCUT2D eigenvalue weighted by molar-refractivity contribution is 0.170. The molecule has 0 bridgehead atoms. The predicted molar refractivity (Wildman–Crippen MR) is 80.0 cm³/mol. The highest BCUT2D eigenvalue weighted by atomic mass is 16.3. The fourth-order valence-electron chi connectivity index (χ4n) is 3.21. The first-order valence-electron chi connectivity index (χ1n) is 7.60. The van der Waals surface area contributed by atoms with Crippen molar-refractivity contribution in [2.75, 3.05) is 6.54 Å². The fourth-order valence-corrected chi connectivity index (χ4v) is 3.21. The number of aryl methyl sites for hydroxylation is 1. The van der Waals surface area contributed by atoms with Crippen molar-refractivity contribution in [2.24, 2.45) is 11.1 Å². The molecule has 1 aliphatic rings. The summed E-state index contributed by atoms with van der Waals surface area (Å²) in [6, 6.07) is 8.39. The number of benzene rings is 1. The first kappa shape index (κ1) is 14.5. The molecule has 1 aromatic carbocycles. The Hall–Kier alpha value is -0.860. The highest BCUT2D eigenvalue weighted by Gasteiger charge is 2.27. The maximum Gasteiger partial charge on any atom is 0.0802 e. The van der Waals surface area contributed by atoms with Gasteiger partial charge in [-0.05, 0) is 55.2 Å². The predicted octanol–water partition coefficient (Wildman–Crippen LogP) is 3.58. The summed E-state index contributed by atoms with van der Waals surface area (Å²) in [5.74, 6) is 0. The van der Waals surface area contributed by atoms with Crippen molar-refractivity contribution in [3.8, 4) is 0 Å². The molecule has 2 nitrogen and oxygen atoms in total. The second kappa shape index (κ2) is 6.53. The monoisotopic (exact) mass is 261 g/mol. The molecule has 0 spiro atoms. The first-order chi connectivity index (χ1) is 9.13. The zero-order valence-electron chi connectivity index (χ0n) is 12.1. The molecule has 0 heterocycles. The quantitative estimate of drug-likeness (QED) is 0.822. The number of aliphatic hydroxyl groups excluding tert-OH is 1. The summed E-state index contributed by atoms with van der Waals surface area (Å²) in [6.07, 6.45) is 8.17. The molecule has 0 radical (unpaired) electrons. The van der Waals surface area contributed by atoms with Crippen LogP contribution in [0.3, 0.4) is 0 Å². The normalized spacial score (nSPS) is 19.5. The SMILES string of the molecule is CC1(CCc2cccc(C(O)CCN)c2)CCCC1. The molecule has 19 heavy (non-hydrogen) atoms. The van der Waals surface area contributed by atoms with Gasteiger partial charge in [0.2, 0.25) is 0 Å². The summed E-state index contributed by atoms with van der Waals surface area (Å²) in [6.45, 7) is 2.95. The van der Waals surface area contributed by atoms with Gasteiger partial charge in [0, 0.05) is 0 Å². The van der Waals surface area contributed by atoms with Gasteiger partial charge in [0.15, 0.2) is 0 Å². The van der Waals surface area contributed by atoms with Crippen LogP contribution in [0.15, 0.2) is 24.3 Å². The molecule has 1 atom stereocenters. The maximum absolute atomic E-state index is 10.00. The van der Waals surface area contributed by atoms with E-state index in [0.29, 0.717) is 18.4 Å². The molecule has 3 N–H and O–H groups in total. The van der Waals surface area contributed by atoms with Gasteiger partial charge in [-0.25, -0.2) is 0 Å². The molecule has 106 valence electrons. The lowest BCUT2D eigenvalue weighted by Gasteiger charge is -2.23. The van der Waals surface area contributed by atoms with Gasteiger partial charge in [0.1, 0.15) is 0 Å². The zero-order valence-corrected chi connectivity index (χ0v) is 12.1. The van der Waals surface area contributed by atoms with Crippen LogP contribution < -0.4 is 5.73 Å². The highest BCUT2D eigenvalue weighted by molar-refractivity contribution is 5.25. The van der Waals surface area contributed by atoms with E-state index < -0.39 is 6.10 Å². The third kappa shape index (κ3) is 4.05. The second-order valence-corrected chi connectivity index (χ2v) is 6.36. The topological polar surface area (TPSA) is 46.2 Å². The van der Waals surface area contributed by atoms with Gasteiger partial charge >= 0.3 is 0 Å². The lowest BCUT2D eigenvalue weighted by Crippen LogP contribution is -2.12. The largest absolute Gasteiger partial charge is 0.388 e. The van der Waals surface area contributed by atoms with E-state index in [2.05, 4.69) is 25.1 Å². The minimum Gasteiger partial charge on any atom is -0.388 e. The molecule has 2 rings (SSSR count). The Labute approximate surface area is 117 Å². The van der Waals surface area contributed by atoms with Crippen molar-refractivity contribution in [1.29, 1.82) is 0 Å². The molecular formula is C17H27NO. The summed E-state index contributed by atoms with van der Waals surface area (Å²) < 4.78 is 0. The van der Waals surface area contributed by atoms with Crippen LogP contribution in [-0.4, -0.2) is 11.7 Å². The Morgan fingerprint density at radius 3 is 2.74 bits per heavy atom. The number of rotatable bonds is 6. The molecule has 1 aliphatic carbocycles. The van der Waals surface area contributed by atoms with Gasteiger partial charge in [0.25, 0.3) is 0 Å². The average molecular weight is 261 g/mol. The van der Waals surface area contributed by atoms with E-state index in [1.807, 2.05) is 6.07 Å². The lowest BCUT2D eigenvalue weighted by atomic mass is 9.82. The van der Waals surface area contributed by atoms with Crippen LogP contribution in [0.5, 0.6) is 0 Å². The molecule has 1 saturated carbocycles. The zero-order chi connectivity index (χ0) is 13.7. The van der Waals surface area contributed by atoms with E-state index >= 15 is 0 Å². The van der Waals surface area contributed by atoms with E-state index in [1.165, 1.54) is 37.7 Å². The van der Waals surface area contributed by atoms with E-state index in [-0.39, 0.29) is 0 Å². The van der Waals surface area contributed by atoms with Gasteiger partial charge in [-0.1, -0.05) is 44.0 Å². The van der Waals surface area contributed by atoms with Gasteiger partial charge in [-0.2, -0.15) is 0 Å². The summed E-state index contributed by atoms with van der Waals surface area (Å²) in [5.41, 5.74) is 8.41. The smallest absolute Gasteiger partial charge is 0.0802 e. The summed E-state index contributed by atoms with van der Waals surface area (Å²) in [5, 5.41) is 10.00. The van der Waals surface area contributed by atoms with Crippen LogP contribution in [0.1, 0.15) is 62.7 Å². The van der Waals surface area contributed by atoms with Crippen LogP contribution in [0, 0.1) is 5.41 Å². The van der Waals surface area contributed by atoms with E-state index in [1.54, 1.807) is 0 Å². The highest BCUT2D eigenvalue weighted by Crippen LogP contribution is 2.41. The van der Waals surface area contributed by atoms with Gasteiger partial charge in [-0.3, -0.25) is 0 Å². The van der Waals surface area contributed by atoms with Crippen molar-refractivity contribution in [2.45, 2.75) is 58.0 Å². The molecular weight excluding hydrogens is 234 g/mol. The summed E-state index contributed by atoms with van der Waals surface area (Å²) >= 11 is 0. The summed E-state index contributed by atoms with van der Waals surface area (Å²) in [4.78, 5) is 0. The van der Waals surface area contributed by atoms with E-state index in [9.17, 15) is 5.11 Å². The number of aliphatic hydroxyl groups is 1. The molecule has 0 amide bonds. The Kier molecular flexibility index (Phi) is 5.00. The minimum atomic E-state index is -0.410. The standard InChI is InChI=1S/C17H27NO/c1-17(9-2-3-10-17)11-7-14-5-4-6-15(13-14)16(19)8-12-18/h4-6,13,16,19H,2-3,7-12,18H2,1H3. The van der Waals surface area contributed by atoms with Gasteiger partial charge < -0.3 is 10.8 Å². The Bertz CT molecular complexity index is 396. The molecule has 1 aromatic rings. The molecule has 1 unspecified atom stereocenters. The van der Waals surface area contributed by atoms with Crippen molar-refractivity contribution in [1.82, 2.24) is 0 Å². The number of hydrogen-bond donors (Lipinski definition) is 2. The maximum atomic E-state index is 10.00. The van der Waals surface area contributed by atoms with Crippen LogP contribution >= 0.6 is 0 Å². The first-order valence-corrected chi connectivity index (χ1v) is 7.60. The van der Waals surface area contributed by atoms with Crippen LogP contribution in [0.4, 0.5) is 0 Å². The van der Waals surface area contributed by atoms with Gasteiger partial charge in [0.05, 0.1) is 6.10 Å². The molecule has 0 aliphatic heterocycles. The van der Waals surface area contributed by atoms with E-state index in [0.717, 1.165) is 12.0 Å². The number of hydrogen-bond acceptors (Lipinski definition) is 2. The third-order valence-electron chi connectivity index (χ3n) is 4.60. The van der Waals surface area contributed by atoms with Crippen LogP contribution in [0.2, 0.25) is 0 Å². The fraction of sp³-hybridized carbons (Fsp3) is 0.647. The molecule has 0 saturated heterocycles. The van der Waals surface area contributed by atoms with Crippen molar-refractivity contribution < 1.29 is 5.11 Å². The van der Waals surface area contributed by atoms with Crippen LogP contribution in [0.25, 0.3) is 0 Å². The minimum absolute atomic E-state index is 0.410. The molecule has 2 heteroatoms. The van der Waals surface area contributed by atoms with Crippen molar-refractivity contribution in [3.63, 3.8) is 0 Å². The molecule has 1 fully saturated rings. The van der Waals surface area contributed by atoms with Crippen molar-refractivity contribution in [3.05, 3.63) is 35.4 Å². The third-order valence-corrected chi connectivity index (χ3v) is 4.60. The summed E-state index contributed by atoms with van der Waals surface area (Å²) in [7, 11) is 0. The van der Waals surface area contributed by atoms with Crippen molar-refractivity contribution >= 4 is 0 Å². The number of nitrogens with two attached hydrogens (primary N) is 1. The molecule has 0 aromatic heterocycles. The second-order valence-electron chi connectivity index (χ2n) is 6.36.